The van der Waals surface area contributed by atoms with Gasteiger partial charge in [0.1, 0.15) is 36.6 Å². The minimum absolute atomic E-state index is 0.641. The lowest BCUT2D eigenvalue weighted by atomic mass is 10.1. The second-order valence-corrected chi connectivity index (χ2v) is 3.98. The lowest BCUT2D eigenvalue weighted by Crippen LogP contribution is -2.41. The van der Waals surface area contributed by atoms with Gasteiger partial charge in [-0.1, -0.05) is 0 Å². The van der Waals surface area contributed by atoms with Crippen molar-refractivity contribution in [1.82, 2.24) is 0 Å². The Bertz CT molecular complexity index is 174. The van der Waals surface area contributed by atoms with Crippen LogP contribution in [0.2, 0.25) is 0 Å². The van der Waals surface area contributed by atoms with Crippen LogP contribution in [0.25, 0.3) is 0 Å². The van der Waals surface area contributed by atoms with Gasteiger partial charge in [-0.05, 0) is 0 Å². The van der Waals surface area contributed by atoms with E-state index < -0.39 is 63.1 Å². The Labute approximate surface area is 115 Å². The molecule has 0 aromatic rings. The molecule has 0 bridgehead atoms. The molecule has 0 fully saturated rings. The molecule has 0 saturated heterocycles. The van der Waals surface area contributed by atoms with Gasteiger partial charge in [-0.2, -0.15) is 0 Å². The standard InChI is InChI=1S/2C5H12O5/c2*6-1-3(8)5(10)4(9)2-7/h2*3-10H,1-2H2/t3-,4+,5+;3-,4-/m.1/s1. The zero-order valence-corrected chi connectivity index (χ0v) is 10.8. The smallest absolute Gasteiger partial charge is 0.110 e. The van der Waals surface area contributed by atoms with Crippen LogP contribution in [-0.4, -0.2) is 114 Å². The summed E-state index contributed by atoms with van der Waals surface area (Å²) in [4.78, 5) is 0. The molecule has 0 amide bonds. The van der Waals surface area contributed by atoms with Gasteiger partial charge in [0.2, 0.25) is 0 Å². The molecular weight excluding hydrogens is 280 g/mol. The van der Waals surface area contributed by atoms with E-state index in [4.69, 9.17) is 51.1 Å². The summed E-state index contributed by atoms with van der Waals surface area (Å²) >= 11 is 0. The van der Waals surface area contributed by atoms with Crippen LogP contribution in [0.15, 0.2) is 0 Å². The van der Waals surface area contributed by atoms with Crippen molar-refractivity contribution in [3.63, 3.8) is 0 Å². The van der Waals surface area contributed by atoms with Crippen molar-refractivity contribution >= 4 is 0 Å². The minimum Gasteiger partial charge on any atom is -0.394 e. The van der Waals surface area contributed by atoms with Crippen molar-refractivity contribution in [2.45, 2.75) is 36.6 Å². The summed E-state index contributed by atoms with van der Waals surface area (Å²) in [6.07, 6.45) is -8.58. The fourth-order valence-electron chi connectivity index (χ4n) is 0.945. The fraction of sp³-hybridized carbons (Fsp3) is 1.00. The largest absolute Gasteiger partial charge is 0.394 e. The maximum Gasteiger partial charge on any atom is 0.110 e. The monoisotopic (exact) mass is 304 g/mol. The molecule has 5 atom stereocenters. The third kappa shape index (κ3) is 8.71. The molecule has 0 radical (unpaired) electrons. The quantitative estimate of drug-likeness (QED) is 0.206. The zero-order chi connectivity index (χ0) is 16.3. The first kappa shape index (κ1) is 21.9. The third-order valence-corrected chi connectivity index (χ3v) is 2.33. The van der Waals surface area contributed by atoms with Crippen molar-refractivity contribution in [3.8, 4) is 0 Å². The molecule has 0 aliphatic carbocycles. The molecule has 10 nitrogen and oxygen atoms in total. The molecule has 10 N–H and O–H groups in total. The SMILES string of the molecule is OC[C@@H](O)C(O)[C@H](O)CO.OC[C@@H](O)[C@H](O)[C@@H](O)CO. The summed E-state index contributed by atoms with van der Waals surface area (Å²) in [5.41, 5.74) is 0. The normalized spacial score (nSPS) is 18.8. The number of hydrogen-bond acceptors (Lipinski definition) is 10. The number of aliphatic hydroxyl groups excluding tert-OH is 10. The highest BCUT2D eigenvalue weighted by molar-refractivity contribution is 4.73. The predicted molar refractivity (Wildman–Crippen MR) is 64.4 cm³/mol. The summed E-state index contributed by atoms with van der Waals surface area (Å²) in [7, 11) is 0. The molecule has 0 aliphatic heterocycles. The van der Waals surface area contributed by atoms with E-state index in [1.54, 1.807) is 0 Å². The Morgan fingerprint density at radius 3 is 0.650 bits per heavy atom. The highest BCUT2D eigenvalue weighted by Crippen LogP contribution is 1.98. The Morgan fingerprint density at radius 1 is 0.400 bits per heavy atom. The van der Waals surface area contributed by atoms with Gasteiger partial charge in [-0.15, -0.1) is 0 Å². The number of rotatable bonds is 8. The van der Waals surface area contributed by atoms with E-state index in [9.17, 15) is 0 Å². The third-order valence-electron chi connectivity index (χ3n) is 2.33. The van der Waals surface area contributed by atoms with Crippen LogP contribution in [0, 0.1) is 0 Å². The second kappa shape index (κ2) is 12.3. The van der Waals surface area contributed by atoms with E-state index in [-0.39, 0.29) is 0 Å². The summed E-state index contributed by atoms with van der Waals surface area (Å²) in [6.45, 7) is -2.56. The van der Waals surface area contributed by atoms with E-state index in [2.05, 4.69) is 0 Å². The van der Waals surface area contributed by atoms with E-state index in [1.807, 2.05) is 0 Å². The zero-order valence-electron chi connectivity index (χ0n) is 10.8. The van der Waals surface area contributed by atoms with Gasteiger partial charge < -0.3 is 51.1 Å². The molecule has 0 aromatic carbocycles. The average molecular weight is 304 g/mol. The van der Waals surface area contributed by atoms with Crippen molar-refractivity contribution < 1.29 is 51.1 Å². The van der Waals surface area contributed by atoms with Gasteiger partial charge in [-0.25, -0.2) is 0 Å². The molecule has 124 valence electrons. The van der Waals surface area contributed by atoms with E-state index in [0.717, 1.165) is 0 Å². The molecule has 0 heterocycles. The number of aliphatic hydroxyl groups is 10. The van der Waals surface area contributed by atoms with Crippen molar-refractivity contribution in [1.29, 1.82) is 0 Å². The summed E-state index contributed by atoms with van der Waals surface area (Å²) in [5.74, 6) is 0. The van der Waals surface area contributed by atoms with Gasteiger partial charge in [0, 0.05) is 0 Å². The van der Waals surface area contributed by atoms with E-state index >= 15 is 0 Å². The van der Waals surface area contributed by atoms with Crippen LogP contribution < -0.4 is 0 Å². The molecule has 20 heavy (non-hydrogen) atoms. The van der Waals surface area contributed by atoms with Crippen molar-refractivity contribution in [3.05, 3.63) is 0 Å². The van der Waals surface area contributed by atoms with Crippen molar-refractivity contribution in [2.75, 3.05) is 26.4 Å². The van der Waals surface area contributed by atoms with Gasteiger partial charge in [0.15, 0.2) is 0 Å². The maximum atomic E-state index is 8.77. The molecule has 10 heteroatoms. The molecule has 0 aromatic heterocycles. The Balaban J connectivity index is 0. The first-order valence-corrected chi connectivity index (χ1v) is 5.78. The van der Waals surface area contributed by atoms with Crippen LogP contribution in [0.5, 0.6) is 0 Å². The maximum absolute atomic E-state index is 8.77. The molecular formula is C10H24O10. The van der Waals surface area contributed by atoms with E-state index in [0.29, 0.717) is 0 Å². The fourth-order valence-corrected chi connectivity index (χ4v) is 0.945. The molecule has 0 aliphatic rings. The van der Waals surface area contributed by atoms with Crippen LogP contribution in [0.3, 0.4) is 0 Å². The molecule has 0 saturated carbocycles. The first-order valence-electron chi connectivity index (χ1n) is 5.78. The summed E-state index contributed by atoms with van der Waals surface area (Å²) < 4.78 is 0. The molecule has 0 spiro atoms. The summed E-state index contributed by atoms with van der Waals surface area (Å²) in [5, 5.41) is 85.1. The van der Waals surface area contributed by atoms with E-state index in [1.165, 1.54) is 0 Å². The Hall–Kier alpha value is -0.400. The average Bonchev–Trinajstić information content (AvgIpc) is 2.50. The van der Waals surface area contributed by atoms with Gasteiger partial charge in [-0.3, -0.25) is 0 Å². The predicted octanol–water partition coefficient (Wildman–Crippen LogP) is -5.89. The van der Waals surface area contributed by atoms with Crippen molar-refractivity contribution in [2.24, 2.45) is 0 Å². The Kier molecular flexibility index (Phi) is 13.5. The summed E-state index contributed by atoms with van der Waals surface area (Å²) in [6, 6.07) is 0. The first-order chi connectivity index (χ1) is 9.26. The highest BCUT2D eigenvalue weighted by atomic mass is 16.4. The second-order valence-electron chi connectivity index (χ2n) is 3.98. The van der Waals surface area contributed by atoms with Gasteiger partial charge in [0.05, 0.1) is 26.4 Å². The number of hydrogen-bond donors (Lipinski definition) is 10. The van der Waals surface area contributed by atoms with Crippen LogP contribution in [-0.2, 0) is 0 Å². The van der Waals surface area contributed by atoms with Crippen LogP contribution in [0.1, 0.15) is 0 Å². The Morgan fingerprint density at radius 2 is 0.550 bits per heavy atom. The lowest BCUT2D eigenvalue weighted by molar-refractivity contribution is -0.0900. The highest BCUT2D eigenvalue weighted by Gasteiger charge is 2.23. The van der Waals surface area contributed by atoms with Crippen LogP contribution in [0.4, 0.5) is 0 Å². The lowest BCUT2D eigenvalue weighted by Gasteiger charge is -2.19. The molecule has 0 rings (SSSR count). The molecule has 0 unspecified atom stereocenters. The van der Waals surface area contributed by atoms with Crippen LogP contribution >= 0.6 is 0 Å². The van der Waals surface area contributed by atoms with Gasteiger partial charge >= 0.3 is 0 Å². The topological polar surface area (TPSA) is 202 Å². The van der Waals surface area contributed by atoms with Gasteiger partial charge in [0.25, 0.3) is 0 Å². The minimum atomic E-state index is -1.49.